The summed E-state index contributed by atoms with van der Waals surface area (Å²) in [6.45, 7) is 8.46. The second-order valence-corrected chi connectivity index (χ2v) is 6.71. The quantitative estimate of drug-likeness (QED) is 0.873. The molecule has 28 heavy (non-hydrogen) atoms. The number of piperazine rings is 1. The fraction of sp³-hybridized carbons (Fsp3) is 0.400. The number of nitrogens with one attached hydrogen (secondary N) is 1. The molecule has 1 N–H and O–H groups in total. The first-order chi connectivity index (χ1) is 13.5. The summed E-state index contributed by atoms with van der Waals surface area (Å²) in [6, 6.07) is 7.54. The van der Waals surface area contributed by atoms with Gasteiger partial charge in [-0.25, -0.2) is 14.8 Å². The number of hydrogen-bond donors (Lipinski definition) is 1. The molecule has 148 valence electrons. The molecule has 0 unspecified atom stereocenters. The Balaban J connectivity index is 1.65. The molecule has 0 spiro atoms. The van der Waals surface area contributed by atoms with Crippen LogP contribution in [0.5, 0.6) is 0 Å². The first-order valence-corrected chi connectivity index (χ1v) is 9.35. The molecule has 0 saturated carbocycles. The molecule has 1 saturated heterocycles. The van der Waals surface area contributed by atoms with E-state index in [9.17, 15) is 9.59 Å². The van der Waals surface area contributed by atoms with E-state index in [2.05, 4.69) is 15.3 Å². The Morgan fingerprint density at radius 2 is 1.86 bits per heavy atom. The van der Waals surface area contributed by atoms with Gasteiger partial charge in [-0.1, -0.05) is 17.7 Å². The Kier molecular flexibility index (Phi) is 6.08. The number of anilines is 2. The second kappa shape index (κ2) is 8.69. The minimum absolute atomic E-state index is 0.277. The van der Waals surface area contributed by atoms with Crippen LogP contribution in [0.3, 0.4) is 0 Å². The molecule has 0 radical (unpaired) electrons. The fourth-order valence-corrected chi connectivity index (χ4v) is 3.12. The highest BCUT2D eigenvalue weighted by molar-refractivity contribution is 6.03. The summed E-state index contributed by atoms with van der Waals surface area (Å²) >= 11 is 0. The van der Waals surface area contributed by atoms with Crippen LogP contribution in [-0.4, -0.2) is 59.7 Å². The molecule has 8 heteroatoms. The lowest BCUT2D eigenvalue weighted by Crippen LogP contribution is -2.49. The predicted octanol–water partition coefficient (Wildman–Crippen LogP) is 2.62. The SMILES string of the molecule is CCOC(=O)N1CCN(c2cc(C(=O)Nc3ccc(C)cc3C)ncn2)CC1. The molecule has 1 aliphatic rings. The van der Waals surface area contributed by atoms with Gasteiger partial charge in [0.2, 0.25) is 0 Å². The van der Waals surface area contributed by atoms with Crippen molar-refractivity contribution in [3.8, 4) is 0 Å². The van der Waals surface area contributed by atoms with Gasteiger partial charge in [0, 0.05) is 37.9 Å². The van der Waals surface area contributed by atoms with E-state index in [0.29, 0.717) is 44.3 Å². The Morgan fingerprint density at radius 3 is 2.54 bits per heavy atom. The molecule has 0 atom stereocenters. The van der Waals surface area contributed by atoms with Crippen LogP contribution in [0.4, 0.5) is 16.3 Å². The molecule has 2 amide bonds. The van der Waals surface area contributed by atoms with Gasteiger partial charge in [0.1, 0.15) is 17.8 Å². The zero-order valence-corrected chi connectivity index (χ0v) is 16.4. The standard InChI is InChI=1S/C20H25N5O3/c1-4-28-20(27)25-9-7-24(8-10-25)18-12-17(21-13-22-18)19(26)23-16-6-5-14(2)11-15(16)3/h5-6,11-13H,4,7-10H2,1-3H3,(H,23,26). The summed E-state index contributed by atoms with van der Waals surface area (Å²) < 4.78 is 5.04. The molecule has 1 fully saturated rings. The van der Waals surface area contributed by atoms with Crippen LogP contribution < -0.4 is 10.2 Å². The highest BCUT2D eigenvalue weighted by atomic mass is 16.6. The fourth-order valence-electron chi connectivity index (χ4n) is 3.12. The highest BCUT2D eigenvalue weighted by Crippen LogP contribution is 2.18. The van der Waals surface area contributed by atoms with E-state index in [1.54, 1.807) is 17.9 Å². The number of ether oxygens (including phenoxy) is 1. The third kappa shape index (κ3) is 4.57. The Morgan fingerprint density at radius 1 is 1.11 bits per heavy atom. The van der Waals surface area contributed by atoms with E-state index in [0.717, 1.165) is 16.8 Å². The molecule has 0 bridgehead atoms. The monoisotopic (exact) mass is 383 g/mol. The van der Waals surface area contributed by atoms with E-state index in [1.807, 2.05) is 36.9 Å². The average molecular weight is 383 g/mol. The van der Waals surface area contributed by atoms with Crippen LogP contribution in [0, 0.1) is 13.8 Å². The largest absolute Gasteiger partial charge is 0.450 e. The van der Waals surface area contributed by atoms with Crippen LogP contribution in [0.15, 0.2) is 30.6 Å². The van der Waals surface area contributed by atoms with Gasteiger partial charge in [0.25, 0.3) is 5.91 Å². The Hall–Kier alpha value is -3.16. The van der Waals surface area contributed by atoms with Crippen LogP contribution in [0.2, 0.25) is 0 Å². The summed E-state index contributed by atoms with van der Waals surface area (Å²) in [7, 11) is 0. The molecule has 1 aliphatic heterocycles. The van der Waals surface area contributed by atoms with E-state index < -0.39 is 0 Å². The molecule has 2 heterocycles. The minimum atomic E-state index is -0.293. The normalized spacial score (nSPS) is 14.0. The van der Waals surface area contributed by atoms with Crippen molar-refractivity contribution < 1.29 is 14.3 Å². The smallest absolute Gasteiger partial charge is 0.409 e. The molecule has 8 nitrogen and oxygen atoms in total. The van der Waals surface area contributed by atoms with Gasteiger partial charge in [-0.15, -0.1) is 0 Å². The third-order valence-electron chi connectivity index (χ3n) is 4.65. The maximum Gasteiger partial charge on any atom is 0.409 e. The number of aromatic nitrogens is 2. The maximum absolute atomic E-state index is 12.6. The number of aryl methyl sites for hydroxylation is 2. The lowest BCUT2D eigenvalue weighted by Gasteiger charge is -2.34. The number of amides is 2. The number of hydrogen-bond acceptors (Lipinski definition) is 6. The molecule has 3 rings (SSSR count). The van der Waals surface area contributed by atoms with Gasteiger partial charge in [-0.05, 0) is 32.4 Å². The van der Waals surface area contributed by atoms with Crippen LogP contribution in [0.1, 0.15) is 28.5 Å². The minimum Gasteiger partial charge on any atom is -0.450 e. The van der Waals surface area contributed by atoms with Crippen molar-refractivity contribution in [2.75, 3.05) is 43.0 Å². The van der Waals surface area contributed by atoms with Crippen molar-refractivity contribution >= 4 is 23.5 Å². The van der Waals surface area contributed by atoms with E-state index >= 15 is 0 Å². The molecule has 0 aliphatic carbocycles. The van der Waals surface area contributed by atoms with E-state index in [4.69, 9.17) is 4.74 Å². The van der Waals surface area contributed by atoms with Crippen molar-refractivity contribution in [3.05, 3.63) is 47.4 Å². The van der Waals surface area contributed by atoms with E-state index in [-0.39, 0.29) is 12.0 Å². The van der Waals surface area contributed by atoms with Gasteiger partial charge in [0.05, 0.1) is 6.61 Å². The van der Waals surface area contributed by atoms with Crippen molar-refractivity contribution in [2.24, 2.45) is 0 Å². The maximum atomic E-state index is 12.6. The molecule has 1 aromatic carbocycles. The average Bonchev–Trinajstić information content (AvgIpc) is 2.70. The first-order valence-electron chi connectivity index (χ1n) is 9.35. The molecular formula is C20H25N5O3. The number of carbonyl (C=O) groups excluding carboxylic acids is 2. The summed E-state index contributed by atoms with van der Waals surface area (Å²) in [6.07, 6.45) is 1.10. The van der Waals surface area contributed by atoms with Gasteiger partial charge in [0.15, 0.2) is 0 Å². The van der Waals surface area contributed by atoms with Gasteiger partial charge in [-0.3, -0.25) is 4.79 Å². The summed E-state index contributed by atoms with van der Waals surface area (Å²) in [5.74, 6) is 0.394. The number of benzene rings is 1. The molecular weight excluding hydrogens is 358 g/mol. The van der Waals surface area contributed by atoms with Crippen LogP contribution >= 0.6 is 0 Å². The number of nitrogens with zero attached hydrogens (tertiary/aromatic N) is 4. The zero-order valence-electron chi connectivity index (χ0n) is 16.4. The van der Waals surface area contributed by atoms with Crippen molar-refractivity contribution in [3.63, 3.8) is 0 Å². The van der Waals surface area contributed by atoms with Gasteiger partial charge < -0.3 is 19.9 Å². The molecule has 2 aromatic rings. The summed E-state index contributed by atoms with van der Waals surface area (Å²) in [5.41, 5.74) is 3.20. The lowest BCUT2D eigenvalue weighted by molar-refractivity contribution is 0.102. The zero-order chi connectivity index (χ0) is 20.1. The Labute approximate surface area is 164 Å². The van der Waals surface area contributed by atoms with Crippen molar-refractivity contribution in [1.29, 1.82) is 0 Å². The van der Waals surface area contributed by atoms with Gasteiger partial charge >= 0.3 is 6.09 Å². The predicted molar refractivity (Wildman–Crippen MR) is 107 cm³/mol. The van der Waals surface area contributed by atoms with E-state index in [1.165, 1.54) is 6.33 Å². The summed E-state index contributed by atoms with van der Waals surface area (Å²) in [5, 5.41) is 2.90. The third-order valence-corrected chi connectivity index (χ3v) is 4.65. The Bertz CT molecular complexity index is 863. The van der Waals surface area contributed by atoms with Crippen LogP contribution in [-0.2, 0) is 4.74 Å². The van der Waals surface area contributed by atoms with Crippen LogP contribution in [0.25, 0.3) is 0 Å². The number of carbonyl (C=O) groups is 2. The van der Waals surface area contributed by atoms with Gasteiger partial charge in [-0.2, -0.15) is 0 Å². The van der Waals surface area contributed by atoms with Crippen molar-refractivity contribution in [1.82, 2.24) is 14.9 Å². The summed E-state index contributed by atoms with van der Waals surface area (Å²) in [4.78, 5) is 36.5. The first kappa shape index (κ1) is 19.6. The molecule has 1 aromatic heterocycles. The second-order valence-electron chi connectivity index (χ2n) is 6.71. The lowest BCUT2D eigenvalue weighted by atomic mass is 10.1. The van der Waals surface area contributed by atoms with Crippen molar-refractivity contribution in [2.45, 2.75) is 20.8 Å². The topological polar surface area (TPSA) is 87.7 Å². The number of rotatable bonds is 4. The highest BCUT2D eigenvalue weighted by Gasteiger charge is 2.23.